The number of benzene rings is 1. The lowest BCUT2D eigenvalue weighted by atomic mass is 9.88. The van der Waals surface area contributed by atoms with E-state index in [-0.39, 0.29) is 41.1 Å². The molecule has 3 atom stereocenters. The number of sulfone groups is 1. The molecule has 3 aromatic rings. The molecule has 0 saturated carbocycles. The standard InChI is InChI=1S/C26H29ClN4O5S/c1-17(23-7-4-12-36-23)29-25(32)14-18-10-11-31(24-9-8-21(15-28-24)37(2,34)35)16-22(18)30-26(33)19-5-3-6-20(27)13-19/h3-9,12-13,15,17-18,22H,10-11,14,16H2,1-2H3,(H,29,32)(H,30,33). The van der Waals surface area contributed by atoms with Gasteiger partial charge in [-0.25, -0.2) is 13.4 Å². The number of carbonyl (C=O) groups is 2. The van der Waals surface area contributed by atoms with Gasteiger partial charge in [0.15, 0.2) is 9.84 Å². The first-order chi connectivity index (χ1) is 17.6. The highest BCUT2D eigenvalue weighted by Crippen LogP contribution is 2.26. The van der Waals surface area contributed by atoms with Gasteiger partial charge in [0.1, 0.15) is 11.6 Å². The van der Waals surface area contributed by atoms with Gasteiger partial charge in [-0.15, -0.1) is 0 Å². The van der Waals surface area contributed by atoms with Gasteiger partial charge in [-0.05, 0) is 61.7 Å². The van der Waals surface area contributed by atoms with Crippen LogP contribution in [0.4, 0.5) is 5.82 Å². The van der Waals surface area contributed by atoms with Crippen LogP contribution in [0.2, 0.25) is 5.02 Å². The lowest BCUT2D eigenvalue weighted by molar-refractivity contribution is -0.123. The zero-order chi connectivity index (χ0) is 26.6. The summed E-state index contributed by atoms with van der Waals surface area (Å²) in [7, 11) is -3.36. The summed E-state index contributed by atoms with van der Waals surface area (Å²) in [5.41, 5.74) is 0.426. The lowest BCUT2D eigenvalue weighted by Crippen LogP contribution is -2.54. The summed E-state index contributed by atoms with van der Waals surface area (Å²) in [5, 5.41) is 6.49. The Morgan fingerprint density at radius 1 is 1.22 bits per heavy atom. The van der Waals surface area contributed by atoms with Gasteiger partial charge in [-0.1, -0.05) is 17.7 Å². The molecule has 4 rings (SSSR count). The maximum Gasteiger partial charge on any atom is 0.251 e. The SMILES string of the molecule is CC(NC(=O)CC1CCN(c2ccc(S(C)(=O)=O)cn2)CC1NC(=O)c1cccc(Cl)c1)c1ccco1. The monoisotopic (exact) mass is 544 g/mol. The van der Waals surface area contributed by atoms with Crippen molar-refractivity contribution in [1.29, 1.82) is 0 Å². The Kier molecular flexibility index (Phi) is 8.19. The number of nitrogens with one attached hydrogen (secondary N) is 2. The molecule has 37 heavy (non-hydrogen) atoms. The number of piperidine rings is 1. The zero-order valence-electron chi connectivity index (χ0n) is 20.6. The van der Waals surface area contributed by atoms with Gasteiger partial charge in [-0.2, -0.15) is 0 Å². The van der Waals surface area contributed by atoms with Crippen LogP contribution in [0.5, 0.6) is 0 Å². The third-order valence-electron chi connectivity index (χ3n) is 6.43. The lowest BCUT2D eigenvalue weighted by Gasteiger charge is -2.39. The van der Waals surface area contributed by atoms with Gasteiger partial charge < -0.3 is 20.0 Å². The van der Waals surface area contributed by atoms with Crippen LogP contribution in [0.1, 0.15) is 41.9 Å². The summed E-state index contributed by atoms with van der Waals surface area (Å²) in [5.74, 6) is 0.712. The van der Waals surface area contributed by atoms with Crippen LogP contribution in [-0.2, 0) is 14.6 Å². The normalized spacial score (nSPS) is 18.7. The molecule has 1 saturated heterocycles. The molecule has 2 N–H and O–H groups in total. The molecule has 3 heterocycles. The Morgan fingerprint density at radius 3 is 2.68 bits per heavy atom. The second-order valence-corrected chi connectivity index (χ2v) is 11.7. The van der Waals surface area contributed by atoms with E-state index in [0.29, 0.717) is 41.7 Å². The van der Waals surface area contributed by atoms with Crippen LogP contribution in [0.15, 0.2) is 70.3 Å². The maximum absolute atomic E-state index is 13.0. The van der Waals surface area contributed by atoms with E-state index in [1.54, 1.807) is 48.7 Å². The molecule has 1 aliphatic heterocycles. The van der Waals surface area contributed by atoms with Crippen LogP contribution >= 0.6 is 11.6 Å². The smallest absolute Gasteiger partial charge is 0.251 e. The summed E-state index contributed by atoms with van der Waals surface area (Å²) in [6.45, 7) is 2.85. The molecule has 2 amide bonds. The highest BCUT2D eigenvalue weighted by Gasteiger charge is 2.33. The number of amides is 2. The first-order valence-electron chi connectivity index (χ1n) is 11.9. The number of halogens is 1. The highest BCUT2D eigenvalue weighted by atomic mass is 35.5. The summed E-state index contributed by atoms with van der Waals surface area (Å²) in [6.07, 6.45) is 4.87. The number of furan rings is 1. The molecule has 3 unspecified atom stereocenters. The van der Waals surface area contributed by atoms with E-state index in [1.807, 2.05) is 11.8 Å². The Balaban J connectivity index is 1.49. The van der Waals surface area contributed by atoms with Crippen molar-refractivity contribution < 1.29 is 22.4 Å². The highest BCUT2D eigenvalue weighted by molar-refractivity contribution is 7.90. The Morgan fingerprint density at radius 2 is 2.03 bits per heavy atom. The first-order valence-corrected chi connectivity index (χ1v) is 14.2. The quantitative estimate of drug-likeness (QED) is 0.444. The van der Waals surface area contributed by atoms with E-state index in [0.717, 1.165) is 6.26 Å². The molecule has 1 fully saturated rings. The minimum absolute atomic E-state index is 0.126. The molecule has 196 valence electrons. The number of nitrogens with zero attached hydrogens (tertiary/aromatic N) is 2. The number of hydrogen-bond acceptors (Lipinski definition) is 7. The fourth-order valence-corrected chi connectivity index (χ4v) is 5.17. The Bertz CT molecular complexity index is 1350. The van der Waals surface area contributed by atoms with Gasteiger partial charge in [0.25, 0.3) is 5.91 Å². The van der Waals surface area contributed by atoms with Crippen LogP contribution in [0.3, 0.4) is 0 Å². The topological polar surface area (TPSA) is 122 Å². The molecule has 1 aliphatic rings. The molecule has 0 spiro atoms. The molecule has 0 aliphatic carbocycles. The number of aromatic nitrogens is 1. The third kappa shape index (κ3) is 6.90. The minimum atomic E-state index is -3.36. The molecule has 1 aromatic carbocycles. The summed E-state index contributed by atoms with van der Waals surface area (Å²) in [4.78, 5) is 32.4. The molecular weight excluding hydrogens is 516 g/mol. The number of anilines is 1. The average Bonchev–Trinajstić information content (AvgIpc) is 3.40. The van der Waals surface area contributed by atoms with Crippen LogP contribution in [-0.4, -0.2) is 50.6 Å². The first kappa shape index (κ1) is 26.7. The predicted molar refractivity (Wildman–Crippen MR) is 140 cm³/mol. The summed E-state index contributed by atoms with van der Waals surface area (Å²) in [6, 6.07) is 12.8. The van der Waals surface area contributed by atoms with E-state index in [1.165, 1.54) is 12.3 Å². The molecule has 9 nitrogen and oxygen atoms in total. The van der Waals surface area contributed by atoms with Crippen molar-refractivity contribution in [3.05, 3.63) is 77.3 Å². The van der Waals surface area contributed by atoms with E-state index < -0.39 is 9.84 Å². The average molecular weight is 545 g/mol. The fourth-order valence-electron chi connectivity index (χ4n) is 4.42. The van der Waals surface area contributed by atoms with Crippen LogP contribution < -0.4 is 15.5 Å². The van der Waals surface area contributed by atoms with Crippen molar-refractivity contribution in [2.45, 2.75) is 36.7 Å². The fraction of sp³-hybridized carbons (Fsp3) is 0.346. The zero-order valence-corrected chi connectivity index (χ0v) is 22.1. The van der Waals surface area contributed by atoms with Crippen molar-refractivity contribution in [3.63, 3.8) is 0 Å². The number of carbonyl (C=O) groups excluding carboxylic acids is 2. The second kappa shape index (κ2) is 11.4. The predicted octanol–water partition coefficient (Wildman–Crippen LogP) is 3.62. The van der Waals surface area contributed by atoms with Gasteiger partial charge >= 0.3 is 0 Å². The van der Waals surface area contributed by atoms with E-state index in [4.69, 9.17) is 16.0 Å². The van der Waals surface area contributed by atoms with E-state index >= 15 is 0 Å². The van der Waals surface area contributed by atoms with E-state index in [9.17, 15) is 18.0 Å². The van der Waals surface area contributed by atoms with Crippen molar-refractivity contribution in [1.82, 2.24) is 15.6 Å². The van der Waals surface area contributed by atoms with Crippen molar-refractivity contribution >= 4 is 39.1 Å². The Labute approximate surface area is 221 Å². The minimum Gasteiger partial charge on any atom is -0.467 e. The largest absolute Gasteiger partial charge is 0.467 e. The van der Waals surface area contributed by atoms with E-state index in [2.05, 4.69) is 15.6 Å². The molecule has 2 aromatic heterocycles. The summed E-state index contributed by atoms with van der Waals surface area (Å²) < 4.78 is 29.0. The maximum atomic E-state index is 13.0. The van der Waals surface area contributed by atoms with Gasteiger partial charge in [-0.3, -0.25) is 9.59 Å². The van der Waals surface area contributed by atoms with Crippen LogP contribution in [0, 0.1) is 5.92 Å². The molecule has 0 bridgehead atoms. The Hall–Kier alpha value is -3.37. The number of pyridine rings is 1. The third-order valence-corrected chi connectivity index (χ3v) is 7.76. The number of rotatable bonds is 8. The number of hydrogen-bond donors (Lipinski definition) is 2. The van der Waals surface area contributed by atoms with Gasteiger partial charge in [0.05, 0.1) is 23.2 Å². The summed E-state index contributed by atoms with van der Waals surface area (Å²) >= 11 is 6.07. The molecule has 11 heteroatoms. The molecule has 0 radical (unpaired) electrons. The molecular formula is C26H29ClN4O5S. The van der Waals surface area contributed by atoms with Crippen molar-refractivity contribution in [2.24, 2.45) is 5.92 Å². The second-order valence-electron chi connectivity index (χ2n) is 9.22. The van der Waals surface area contributed by atoms with Gasteiger partial charge in [0, 0.05) is 42.5 Å². The van der Waals surface area contributed by atoms with Crippen LogP contribution in [0.25, 0.3) is 0 Å². The van der Waals surface area contributed by atoms with Crippen molar-refractivity contribution in [2.75, 3.05) is 24.2 Å². The van der Waals surface area contributed by atoms with Gasteiger partial charge in [0.2, 0.25) is 5.91 Å². The van der Waals surface area contributed by atoms with Crippen molar-refractivity contribution in [3.8, 4) is 0 Å².